The lowest BCUT2D eigenvalue weighted by atomic mass is 9.87. The molecule has 35 heavy (non-hydrogen) atoms. The molecule has 7 heteroatoms. The second-order valence-corrected chi connectivity index (χ2v) is 9.72. The predicted octanol–water partition coefficient (Wildman–Crippen LogP) is 5.35. The van der Waals surface area contributed by atoms with Crippen molar-refractivity contribution in [1.29, 1.82) is 0 Å². The molecule has 0 saturated carbocycles. The molecule has 2 aromatic carbocycles. The molecule has 2 amide bonds. The summed E-state index contributed by atoms with van der Waals surface area (Å²) in [6, 6.07) is 13.6. The summed E-state index contributed by atoms with van der Waals surface area (Å²) in [5.74, 6) is 1.60. The van der Waals surface area contributed by atoms with E-state index >= 15 is 0 Å². The number of carbonyl (C=O) groups is 2. The largest absolute Gasteiger partial charge is 0.478 e. The van der Waals surface area contributed by atoms with E-state index in [2.05, 4.69) is 11.2 Å². The zero-order chi connectivity index (χ0) is 25.4. The average molecular weight is 481 g/mol. The molecule has 1 N–H and O–H groups in total. The lowest BCUT2D eigenvalue weighted by Gasteiger charge is -2.35. The third-order valence-corrected chi connectivity index (χ3v) is 5.85. The first-order valence-electron chi connectivity index (χ1n) is 11.9. The van der Waals surface area contributed by atoms with Gasteiger partial charge >= 0.3 is 6.09 Å². The zero-order valence-electron chi connectivity index (χ0n) is 20.6. The van der Waals surface area contributed by atoms with Crippen molar-refractivity contribution in [2.75, 3.05) is 19.7 Å². The number of carbonyl (C=O) groups excluding carboxylic acids is 2. The van der Waals surface area contributed by atoms with Gasteiger partial charge in [-0.2, -0.15) is 0 Å². The molecule has 1 aliphatic rings. The van der Waals surface area contributed by atoms with Gasteiger partial charge < -0.3 is 19.7 Å². The molecule has 0 aromatic heterocycles. The minimum absolute atomic E-state index is 0.0101. The van der Waals surface area contributed by atoms with Crippen LogP contribution < -0.4 is 10.1 Å². The quantitative estimate of drug-likeness (QED) is 0.543. The van der Waals surface area contributed by atoms with Gasteiger partial charge in [-0.1, -0.05) is 36.3 Å². The van der Waals surface area contributed by atoms with Crippen LogP contribution in [0, 0.1) is 24.1 Å². The Morgan fingerprint density at radius 1 is 1.17 bits per heavy atom. The SMILES string of the molecule is C#CCOc1ccc(C(=O)NC(CC2CCN(C(=O)OC(C)(C)C)CC2)c2ccccc2)cc1F. The van der Waals surface area contributed by atoms with E-state index in [0.29, 0.717) is 25.4 Å². The van der Waals surface area contributed by atoms with Crippen LogP contribution in [0.25, 0.3) is 0 Å². The second-order valence-electron chi connectivity index (χ2n) is 9.72. The van der Waals surface area contributed by atoms with Crippen molar-refractivity contribution in [2.45, 2.75) is 51.7 Å². The molecule has 1 fully saturated rings. The normalized spacial score (nSPS) is 15.1. The summed E-state index contributed by atoms with van der Waals surface area (Å²) in [5, 5.41) is 3.07. The zero-order valence-corrected chi connectivity index (χ0v) is 20.6. The number of terminal acetylenes is 1. The summed E-state index contributed by atoms with van der Waals surface area (Å²) in [5.41, 5.74) is 0.656. The third kappa shape index (κ3) is 7.74. The first-order chi connectivity index (χ1) is 16.7. The number of nitrogens with zero attached hydrogens (tertiary/aromatic N) is 1. The molecule has 1 unspecified atom stereocenters. The van der Waals surface area contributed by atoms with E-state index in [-0.39, 0.29) is 36.0 Å². The molecular formula is C28H33FN2O4. The van der Waals surface area contributed by atoms with Crippen molar-refractivity contribution in [3.63, 3.8) is 0 Å². The van der Waals surface area contributed by atoms with Crippen LogP contribution >= 0.6 is 0 Å². The highest BCUT2D eigenvalue weighted by atomic mass is 19.1. The summed E-state index contributed by atoms with van der Waals surface area (Å²) in [7, 11) is 0. The van der Waals surface area contributed by atoms with Crippen molar-refractivity contribution < 1.29 is 23.5 Å². The predicted molar refractivity (Wildman–Crippen MR) is 133 cm³/mol. The van der Waals surface area contributed by atoms with Gasteiger partial charge in [-0.3, -0.25) is 4.79 Å². The molecular weight excluding hydrogens is 447 g/mol. The van der Waals surface area contributed by atoms with E-state index in [9.17, 15) is 14.0 Å². The number of likely N-dealkylation sites (tertiary alicyclic amines) is 1. The molecule has 3 rings (SSSR count). The smallest absolute Gasteiger partial charge is 0.410 e. The van der Waals surface area contributed by atoms with Gasteiger partial charge in [0.05, 0.1) is 6.04 Å². The van der Waals surface area contributed by atoms with Gasteiger partial charge in [-0.05, 0) is 69.7 Å². The molecule has 1 saturated heterocycles. The number of ether oxygens (including phenoxy) is 2. The number of nitrogens with one attached hydrogen (secondary N) is 1. The van der Waals surface area contributed by atoms with E-state index in [1.165, 1.54) is 12.1 Å². The van der Waals surface area contributed by atoms with Gasteiger partial charge in [-0.25, -0.2) is 9.18 Å². The summed E-state index contributed by atoms with van der Waals surface area (Å²) in [6.07, 6.45) is 7.20. The van der Waals surface area contributed by atoms with E-state index in [1.54, 1.807) is 4.90 Å². The number of amides is 2. The van der Waals surface area contributed by atoms with Gasteiger partial charge in [0.25, 0.3) is 5.91 Å². The standard InChI is InChI=1S/C28H33FN2O4/c1-5-17-34-25-12-11-22(19-23(25)29)26(32)30-24(21-9-7-6-8-10-21)18-20-13-15-31(16-14-20)27(33)35-28(2,3)4/h1,6-12,19-20,24H,13-18H2,2-4H3,(H,30,32). The number of piperidine rings is 1. The Kier molecular flexibility index (Phi) is 8.75. The van der Waals surface area contributed by atoms with Crippen molar-refractivity contribution in [3.8, 4) is 18.1 Å². The van der Waals surface area contributed by atoms with Crippen LogP contribution in [0.2, 0.25) is 0 Å². The summed E-state index contributed by atoms with van der Waals surface area (Å²) in [4.78, 5) is 27.1. The van der Waals surface area contributed by atoms with Crippen LogP contribution in [0.3, 0.4) is 0 Å². The maximum atomic E-state index is 14.4. The molecule has 2 aromatic rings. The van der Waals surface area contributed by atoms with Crippen LogP contribution in [-0.4, -0.2) is 42.2 Å². The fraction of sp³-hybridized carbons (Fsp3) is 0.429. The van der Waals surface area contributed by atoms with Crippen LogP contribution in [-0.2, 0) is 4.74 Å². The fourth-order valence-electron chi connectivity index (χ4n) is 4.09. The molecule has 0 spiro atoms. The van der Waals surface area contributed by atoms with Gasteiger partial charge in [0.15, 0.2) is 11.6 Å². The van der Waals surface area contributed by atoms with Crippen molar-refractivity contribution in [1.82, 2.24) is 10.2 Å². The van der Waals surface area contributed by atoms with Crippen LogP contribution in [0.15, 0.2) is 48.5 Å². The minimum atomic E-state index is -0.640. The summed E-state index contributed by atoms with van der Waals surface area (Å²) < 4.78 is 25.0. The molecule has 0 bridgehead atoms. The van der Waals surface area contributed by atoms with Crippen molar-refractivity contribution in [2.24, 2.45) is 5.92 Å². The highest BCUT2D eigenvalue weighted by Gasteiger charge is 2.29. The van der Waals surface area contributed by atoms with Crippen molar-refractivity contribution >= 4 is 12.0 Å². The Labute approximate surface area is 206 Å². The van der Waals surface area contributed by atoms with Gasteiger partial charge in [0.1, 0.15) is 12.2 Å². The number of benzene rings is 2. The van der Waals surface area contributed by atoms with Crippen molar-refractivity contribution in [3.05, 3.63) is 65.5 Å². The number of hydrogen-bond donors (Lipinski definition) is 1. The first-order valence-corrected chi connectivity index (χ1v) is 11.9. The Hall–Kier alpha value is -3.53. The Morgan fingerprint density at radius 2 is 1.86 bits per heavy atom. The molecule has 1 heterocycles. The van der Waals surface area contributed by atoms with Crippen LogP contribution in [0.1, 0.15) is 62.0 Å². The third-order valence-electron chi connectivity index (χ3n) is 5.85. The Balaban J connectivity index is 1.65. The minimum Gasteiger partial charge on any atom is -0.478 e. The highest BCUT2D eigenvalue weighted by molar-refractivity contribution is 5.94. The summed E-state index contributed by atoms with van der Waals surface area (Å²) >= 11 is 0. The first kappa shape index (κ1) is 26.1. The maximum absolute atomic E-state index is 14.4. The van der Waals surface area contributed by atoms with Gasteiger partial charge in [0.2, 0.25) is 0 Å². The molecule has 0 radical (unpaired) electrons. The molecule has 186 valence electrons. The molecule has 1 aliphatic heterocycles. The van der Waals surface area contributed by atoms with E-state index in [4.69, 9.17) is 15.9 Å². The fourth-order valence-corrected chi connectivity index (χ4v) is 4.09. The summed E-state index contributed by atoms with van der Waals surface area (Å²) in [6.45, 7) is 6.74. The number of rotatable bonds is 7. The van der Waals surface area contributed by atoms with Gasteiger partial charge in [0, 0.05) is 18.7 Å². The lowest BCUT2D eigenvalue weighted by Crippen LogP contribution is -2.42. The molecule has 6 nitrogen and oxygen atoms in total. The topological polar surface area (TPSA) is 67.9 Å². The molecule has 0 aliphatic carbocycles. The monoisotopic (exact) mass is 480 g/mol. The van der Waals surface area contributed by atoms with Crippen LogP contribution in [0.5, 0.6) is 5.75 Å². The van der Waals surface area contributed by atoms with Crippen LogP contribution in [0.4, 0.5) is 9.18 Å². The average Bonchev–Trinajstić information content (AvgIpc) is 2.82. The van der Waals surface area contributed by atoms with E-state index in [0.717, 1.165) is 24.5 Å². The Morgan fingerprint density at radius 3 is 2.46 bits per heavy atom. The number of hydrogen-bond acceptors (Lipinski definition) is 4. The molecule has 1 atom stereocenters. The lowest BCUT2D eigenvalue weighted by molar-refractivity contribution is 0.0178. The Bertz CT molecular complexity index is 1050. The second kappa shape index (κ2) is 11.7. The van der Waals surface area contributed by atoms with Gasteiger partial charge in [-0.15, -0.1) is 6.42 Å². The number of halogens is 1. The van der Waals surface area contributed by atoms with E-state index < -0.39 is 11.4 Å². The highest BCUT2D eigenvalue weighted by Crippen LogP contribution is 2.30. The van der Waals surface area contributed by atoms with E-state index in [1.807, 2.05) is 51.1 Å². The maximum Gasteiger partial charge on any atom is 0.410 e.